The summed E-state index contributed by atoms with van der Waals surface area (Å²) in [5, 5.41) is 27.2. The third-order valence-corrected chi connectivity index (χ3v) is 9.62. The molecular weight excluding hydrogens is 709 g/mol. The molecule has 0 aliphatic heterocycles. The van der Waals surface area contributed by atoms with Gasteiger partial charge in [0.2, 0.25) is 17.2 Å². The number of nitrogens with two attached hydrogens (primary N) is 1. The first kappa shape index (κ1) is 37.7. The molecule has 0 spiro atoms. The molecule has 5 aromatic rings. The van der Waals surface area contributed by atoms with Crippen LogP contribution in [-0.2, 0) is 24.9 Å². The van der Waals surface area contributed by atoms with E-state index in [4.69, 9.17) is 22.1 Å². The van der Waals surface area contributed by atoms with E-state index in [0.717, 1.165) is 16.4 Å². The van der Waals surface area contributed by atoms with Crippen LogP contribution in [0.1, 0.15) is 0 Å². The van der Waals surface area contributed by atoms with Gasteiger partial charge in [-0.2, -0.15) is 23.4 Å². The van der Waals surface area contributed by atoms with Crippen LogP contribution >= 0.6 is 11.6 Å². The number of hydrogen-bond acceptors (Lipinski definition) is 14. The number of para-hydroxylation sites is 1. The van der Waals surface area contributed by atoms with Crippen LogP contribution < -0.4 is 55.3 Å². The number of hydrogen-bond donors (Lipinski definition) is 4. The maximum absolute atomic E-state index is 13.4. The minimum Gasteiger partial charge on any atom is -0.872 e. The number of azo groups is 1. The Balaban J connectivity index is 0.00000541. The Morgan fingerprint density at radius 2 is 1.69 bits per heavy atom. The maximum atomic E-state index is 13.4. The molecule has 0 radical (unpaired) electrons. The van der Waals surface area contributed by atoms with Crippen molar-refractivity contribution in [3.8, 4) is 5.75 Å². The summed E-state index contributed by atoms with van der Waals surface area (Å²) in [6.45, 7) is 0.756. The molecule has 0 fully saturated rings. The number of benzene rings is 4. The van der Waals surface area contributed by atoms with E-state index < -0.39 is 30.8 Å². The summed E-state index contributed by atoms with van der Waals surface area (Å²) < 4.78 is 67.1. The molecule has 0 unspecified atom stereocenters. The molecular formula is C29H27ClN9NaO7S2. The van der Waals surface area contributed by atoms with E-state index in [1.807, 2.05) is 0 Å². The number of fused-ring (bicyclic) bond motifs is 1. The number of sulfonamides is 1. The van der Waals surface area contributed by atoms with E-state index in [1.165, 1.54) is 44.5 Å². The van der Waals surface area contributed by atoms with Crippen molar-refractivity contribution in [2.45, 2.75) is 9.79 Å². The third-order valence-electron chi connectivity index (χ3n) is 6.79. The van der Waals surface area contributed by atoms with Gasteiger partial charge >= 0.3 is 29.6 Å². The minimum absolute atomic E-state index is 0. The average Bonchev–Trinajstić information content (AvgIpc) is 3.03. The van der Waals surface area contributed by atoms with Gasteiger partial charge in [0, 0.05) is 31.8 Å². The maximum Gasteiger partial charge on any atom is 1.00 e. The number of methoxy groups -OCH3 is 1. The summed E-state index contributed by atoms with van der Waals surface area (Å²) in [5.41, 5.74) is 6.27. The Kier molecular flexibility index (Phi) is 12.0. The zero-order chi connectivity index (χ0) is 34.6. The predicted octanol–water partition coefficient (Wildman–Crippen LogP) is 1.63. The van der Waals surface area contributed by atoms with Crippen molar-refractivity contribution >= 4 is 82.8 Å². The second-order valence-corrected chi connectivity index (χ2v) is 13.7. The number of rotatable bonds is 12. The van der Waals surface area contributed by atoms with Crippen molar-refractivity contribution in [2.24, 2.45) is 10.2 Å². The largest absolute Gasteiger partial charge is 1.00 e. The van der Waals surface area contributed by atoms with Crippen LogP contribution in [0.15, 0.2) is 92.8 Å². The van der Waals surface area contributed by atoms with Crippen LogP contribution in [-0.4, -0.2) is 63.6 Å². The Hall–Kier alpha value is -4.14. The number of aromatic nitrogens is 3. The summed E-state index contributed by atoms with van der Waals surface area (Å²) in [6.07, 6.45) is 0. The van der Waals surface area contributed by atoms with E-state index in [0.29, 0.717) is 18.8 Å². The van der Waals surface area contributed by atoms with Gasteiger partial charge in [-0.05, 0) is 65.5 Å². The molecule has 5 rings (SSSR count). The topological polar surface area (TPSA) is 238 Å². The molecule has 0 bridgehead atoms. The van der Waals surface area contributed by atoms with Gasteiger partial charge in [0.25, 0.3) is 20.1 Å². The van der Waals surface area contributed by atoms with Crippen LogP contribution in [0.2, 0.25) is 5.28 Å². The van der Waals surface area contributed by atoms with Gasteiger partial charge in [-0.25, -0.2) is 8.42 Å². The quantitative estimate of drug-likeness (QED) is 0.0469. The number of nitrogens with zero attached hydrogens (tertiary/aromatic N) is 6. The van der Waals surface area contributed by atoms with Gasteiger partial charge < -0.3 is 26.2 Å². The molecule has 5 N–H and O–H groups in total. The van der Waals surface area contributed by atoms with Crippen LogP contribution in [0.3, 0.4) is 0 Å². The Morgan fingerprint density at radius 3 is 2.39 bits per heavy atom. The SMILES string of the molecule is COCCNc1nc(Cl)nc(Nc2ccc(S(=O)(=O)O)c(N=Nc3c(N)ccc4cc(S(=O)(=O)N(C)c5ccccc5)cc([O-])c34)c2)n1.[Na+]. The number of nitrogens with one attached hydrogen (secondary N) is 2. The van der Waals surface area contributed by atoms with Crippen LogP contribution in [0.4, 0.5) is 40.3 Å². The number of ether oxygens (including phenoxy) is 1. The fourth-order valence-corrected chi connectivity index (χ4v) is 6.48. The Labute approximate surface area is 308 Å². The summed E-state index contributed by atoms with van der Waals surface area (Å²) in [5.74, 6) is -0.581. The summed E-state index contributed by atoms with van der Waals surface area (Å²) in [4.78, 5) is 11.3. The van der Waals surface area contributed by atoms with Gasteiger partial charge in [0.05, 0.1) is 22.9 Å². The zero-order valence-corrected chi connectivity index (χ0v) is 30.6. The predicted molar refractivity (Wildman–Crippen MR) is 179 cm³/mol. The van der Waals surface area contributed by atoms with Crippen LogP contribution in [0.5, 0.6) is 5.75 Å². The molecule has 0 atom stereocenters. The molecule has 250 valence electrons. The fourth-order valence-electron chi connectivity index (χ4n) is 4.46. The van der Waals surface area contributed by atoms with Gasteiger partial charge in [-0.3, -0.25) is 8.86 Å². The minimum atomic E-state index is -4.80. The van der Waals surface area contributed by atoms with E-state index in [2.05, 4.69) is 35.8 Å². The molecule has 1 aromatic heterocycles. The third kappa shape index (κ3) is 8.72. The fraction of sp³-hybridized carbons (Fsp3) is 0.138. The van der Waals surface area contributed by atoms with Crippen molar-refractivity contribution in [1.82, 2.24) is 15.0 Å². The van der Waals surface area contributed by atoms with Gasteiger partial charge in [-0.1, -0.05) is 30.0 Å². The molecule has 1 heterocycles. The van der Waals surface area contributed by atoms with Gasteiger partial charge in [-0.15, -0.1) is 10.2 Å². The van der Waals surface area contributed by atoms with Crippen molar-refractivity contribution in [3.05, 3.63) is 78.1 Å². The molecule has 0 aliphatic carbocycles. The van der Waals surface area contributed by atoms with Gasteiger partial charge in [0.1, 0.15) is 16.3 Å². The van der Waals surface area contributed by atoms with Gasteiger partial charge in [0.15, 0.2) is 0 Å². The summed E-state index contributed by atoms with van der Waals surface area (Å²) in [6, 6.07) is 17.0. The van der Waals surface area contributed by atoms with Crippen LogP contribution in [0.25, 0.3) is 10.8 Å². The van der Waals surface area contributed by atoms with E-state index >= 15 is 0 Å². The number of halogens is 1. The zero-order valence-electron chi connectivity index (χ0n) is 26.2. The first-order chi connectivity index (χ1) is 22.8. The number of nitrogen functional groups attached to an aromatic ring is 1. The average molecular weight is 736 g/mol. The molecule has 0 amide bonds. The molecule has 0 saturated carbocycles. The first-order valence-electron chi connectivity index (χ1n) is 13.8. The van der Waals surface area contributed by atoms with Crippen LogP contribution in [0, 0.1) is 0 Å². The first-order valence-corrected chi connectivity index (χ1v) is 17.1. The van der Waals surface area contributed by atoms with E-state index in [9.17, 15) is 26.5 Å². The second kappa shape index (κ2) is 15.6. The molecule has 49 heavy (non-hydrogen) atoms. The monoisotopic (exact) mass is 735 g/mol. The van der Waals surface area contributed by atoms with Crippen molar-refractivity contribution in [3.63, 3.8) is 0 Å². The van der Waals surface area contributed by atoms with E-state index in [1.54, 1.807) is 30.3 Å². The van der Waals surface area contributed by atoms with Crippen molar-refractivity contribution in [1.29, 1.82) is 0 Å². The Morgan fingerprint density at radius 1 is 0.980 bits per heavy atom. The van der Waals surface area contributed by atoms with Crippen molar-refractivity contribution in [2.75, 3.05) is 48.0 Å². The molecule has 16 nitrogen and oxygen atoms in total. The number of anilines is 5. The molecule has 0 saturated heterocycles. The van der Waals surface area contributed by atoms with Crippen molar-refractivity contribution < 1.29 is 60.8 Å². The second-order valence-electron chi connectivity index (χ2n) is 9.98. The standard InChI is InChI=1S/C29H28ClN9O7S2.Na/c1-39(19-6-4-3-5-7-19)47(41,42)20-14-17-8-10-21(31)26(25(17)23(40)16-20)38-37-22-15-18(9-11-24(22)48(43,44)45)33-29-35-27(30)34-28(36-29)32-12-13-46-2;/h3-11,14-16,40H,12-13,31H2,1-2H3,(H,43,44,45)(H2,32,33,34,35,36);/q;+1/p-1. The molecule has 4 aromatic carbocycles. The van der Waals surface area contributed by atoms with E-state index in [-0.39, 0.29) is 85.2 Å². The normalized spacial score (nSPS) is 11.8. The Bertz CT molecular complexity index is 2250. The smallest absolute Gasteiger partial charge is 0.872 e. The summed E-state index contributed by atoms with van der Waals surface area (Å²) >= 11 is 6.02. The molecule has 20 heteroatoms. The summed E-state index contributed by atoms with van der Waals surface area (Å²) in [7, 11) is -6.03. The molecule has 0 aliphatic rings.